The number of anilines is 1. The van der Waals surface area contributed by atoms with Gasteiger partial charge >= 0.3 is 0 Å². The molecule has 7 heteroatoms. The quantitative estimate of drug-likeness (QED) is 0.881. The number of amides is 1. The van der Waals surface area contributed by atoms with Gasteiger partial charge in [-0.15, -0.1) is 0 Å². The third-order valence-electron chi connectivity index (χ3n) is 2.20. The standard InChI is InChI=1S/C11H15ClN2O3S/c1-11(2,13)10(15)14-9-6-7(18(3,16)17)4-5-8(9)12/h4-6H,13H2,1-3H3,(H,14,15). The molecule has 0 aromatic heterocycles. The summed E-state index contributed by atoms with van der Waals surface area (Å²) in [7, 11) is -3.35. The Kier molecular flexibility index (Phi) is 4.05. The van der Waals surface area contributed by atoms with Gasteiger partial charge in [-0.25, -0.2) is 8.42 Å². The van der Waals surface area contributed by atoms with Crippen LogP contribution in [0.15, 0.2) is 23.1 Å². The van der Waals surface area contributed by atoms with E-state index in [4.69, 9.17) is 17.3 Å². The van der Waals surface area contributed by atoms with Crippen LogP contribution in [0.3, 0.4) is 0 Å². The number of rotatable bonds is 3. The average Bonchev–Trinajstić information content (AvgIpc) is 2.18. The minimum absolute atomic E-state index is 0.0806. The summed E-state index contributed by atoms with van der Waals surface area (Å²) in [5.41, 5.74) is 4.77. The van der Waals surface area contributed by atoms with Crippen LogP contribution in [0.2, 0.25) is 5.02 Å². The van der Waals surface area contributed by atoms with Crippen LogP contribution in [0.4, 0.5) is 5.69 Å². The third-order valence-corrected chi connectivity index (χ3v) is 3.64. The number of carbonyl (C=O) groups excluding carboxylic acids is 1. The topological polar surface area (TPSA) is 89.3 Å². The molecule has 1 amide bonds. The molecule has 1 rings (SSSR count). The first-order chi connectivity index (χ1) is 8.01. The molecule has 0 aliphatic rings. The number of halogens is 1. The lowest BCUT2D eigenvalue weighted by molar-refractivity contribution is -0.120. The second-order valence-corrected chi connectivity index (χ2v) is 7.01. The molecule has 0 saturated carbocycles. The van der Waals surface area contributed by atoms with E-state index < -0.39 is 21.3 Å². The van der Waals surface area contributed by atoms with E-state index >= 15 is 0 Å². The lowest BCUT2D eigenvalue weighted by atomic mass is 10.1. The van der Waals surface area contributed by atoms with Gasteiger partial charge in [0.25, 0.3) is 0 Å². The molecule has 0 aliphatic heterocycles. The Hall–Kier alpha value is -1.11. The molecular formula is C11H15ClN2O3S. The molecule has 100 valence electrons. The minimum atomic E-state index is -3.35. The number of carbonyl (C=O) groups is 1. The van der Waals surface area contributed by atoms with Crippen LogP contribution in [0.25, 0.3) is 0 Å². The summed E-state index contributed by atoms with van der Waals surface area (Å²) in [6, 6.07) is 4.10. The molecule has 0 bridgehead atoms. The third kappa shape index (κ3) is 3.69. The number of sulfone groups is 1. The summed E-state index contributed by atoms with van der Waals surface area (Å²) in [6.07, 6.45) is 1.08. The molecule has 0 spiro atoms. The van der Waals surface area contributed by atoms with Crippen LogP contribution in [0, 0.1) is 0 Å². The van der Waals surface area contributed by atoms with Crippen molar-refractivity contribution in [1.29, 1.82) is 0 Å². The van der Waals surface area contributed by atoms with Crippen molar-refractivity contribution in [1.82, 2.24) is 0 Å². The number of hydrogen-bond donors (Lipinski definition) is 2. The van der Waals surface area contributed by atoms with Crippen molar-refractivity contribution in [3.05, 3.63) is 23.2 Å². The van der Waals surface area contributed by atoms with E-state index in [-0.39, 0.29) is 15.6 Å². The highest BCUT2D eigenvalue weighted by molar-refractivity contribution is 7.90. The van der Waals surface area contributed by atoms with Crippen LogP contribution in [-0.2, 0) is 14.6 Å². The summed E-state index contributed by atoms with van der Waals surface area (Å²) < 4.78 is 22.8. The number of nitrogens with two attached hydrogens (primary N) is 1. The van der Waals surface area contributed by atoms with Gasteiger partial charge < -0.3 is 11.1 Å². The second kappa shape index (κ2) is 4.87. The highest BCUT2D eigenvalue weighted by Crippen LogP contribution is 2.25. The summed E-state index contributed by atoms with van der Waals surface area (Å²) in [6.45, 7) is 3.08. The van der Waals surface area contributed by atoms with Crippen LogP contribution in [0.1, 0.15) is 13.8 Å². The fraction of sp³-hybridized carbons (Fsp3) is 0.364. The van der Waals surface area contributed by atoms with Crippen molar-refractivity contribution in [2.24, 2.45) is 5.73 Å². The molecule has 0 unspecified atom stereocenters. The van der Waals surface area contributed by atoms with Crippen LogP contribution in [0.5, 0.6) is 0 Å². The van der Waals surface area contributed by atoms with Crippen LogP contribution in [-0.4, -0.2) is 26.1 Å². The van der Waals surface area contributed by atoms with Gasteiger partial charge in [0.2, 0.25) is 5.91 Å². The molecule has 1 aromatic carbocycles. The number of hydrogen-bond acceptors (Lipinski definition) is 4. The largest absolute Gasteiger partial charge is 0.323 e. The van der Waals surface area contributed by atoms with Crippen molar-refractivity contribution in [3.8, 4) is 0 Å². The molecule has 1 aromatic rings. The first kappa shape index (κ1) is 14.9. The molecule has 0 atom stereocenters. The van der Waals surface area contributed by atoms with Gasteiger partial charge in [-0.1, -0.05) is 11.6 Å². The highest BCUT2D eigenvalue weighted by Gasteiger charge is 2.23. The maximum absolute atomic E-state index is 11.7. The molecule has 0 radical (unpaired) electrons. The first-order valence-electron chi connectivity index (χ1n) is 5.12. The Morgan fingerprint density at radius 1 is 1.39 bits per heavy atom. The van der Waals surface area contributed by atoms with E-state index in [2.05, 4.69) is 5.32 Å². The van der Waals surface area contributed by atoms with Crippen LogP contribution < -0.4 is 11.1 Å². The van der Waals surface area contributed by atoms with E-state index in [1.165, 1.54) is 32.0 Å². The minimum Gasteiger partial charge on any atom is -0.323 e. The van der Waals surface area contributed by atoms with Crippen molar-refractivity contribution in [2.75, 3.05) is 11.6 Å². The van der Waals surface area contributed by atoms with E-state index in [1.807, 2.05) is 0 Å². The van der Waals surface area contributed by atoms with Crippen molar-refractivity contribution < 1.29 is 13.2 Å². The number of nitrogens with one attached hydrogen (secondary N) is 1. The van der Waals surface area contributed by atoms with Gasteiger partial charge in [0.15, 0.2) is 9.84 Å². The van der Waals surface area contributed by atoms with Gasteiger partial charge in [0, 0.05) is 6.26 Å². The lowest BCUT2D eigenvalue weighted by Gasteiger charge is -2.18. The monoisotopic (exact) mass is 290 g/mol. The molecule has 0 aliphatic carbocycles. The zero-order valence-electron chi connectivity index (χ0n) is 10.3. The Labute approximate surface area is 111 Å². The first-order valence-corrected chi connectivity index (χ1v) is 7.38. The van der Waals surface area contributed by atoms with Gasteiger partial charge in [-0.2, -0.15) is 0 Å². The van der Waals surface area contributed by atoms with Gasteiger partial charge in [-0.3, -0.25) is 4.79 Å². The van der Waals surface area contributed by atoms with Crippen molar-refractivity contribution in [3.63, 3.8) is 0 Å². The molecule has 3 N–H and O–H groups in total. The van der Waals surface area contributed by atoms with E-state index in [1.54, 1.807) is 0 Å². The highest BCUT2D eigenvalue weighted by atomic mass is 35.5. The lowest BCUT2D eigenvalue weighted by Crippen LogP contribution is -2.45. The maximum atomic E-state index is 11.7. The molecule has 0 heterocycles. The van der Waals surface area contributed by atoms with E-state index in [0.717, 1.165) is 6.26 Å². The molecule has 0 fully saturated rings. The molecule has 5 nitrogen and oxygen atoms in total. The Morgan fingerprint density at radius 2 is 1.94 bits per heavy atom. The average molecular weight is 291 g/mol. The zero-order chi connectivity index (χ0) is 14.1. The predicted octanol–water partition coefficient (Wildman–Crippen LogP) is 1.42. The van der Waals surface area contributed by atoms with Gasteiger partial charge in [0.05, 0.1) is 21.1 Å². The van der Waals surface area contributed by atoms with Gasteiger partial charge in [0.1, 0.15) is 0 Å². The summed E-state index contributed by atoms with van der Waals surface area (Å²) in [4.78, 5) is 11.8. The molecule has 18 heavy (non-hydrogen) atoms. The fourth-order valence-electron chi connectivity index (χ4n) is 1.11. The summed E-state index contributed by atoms with van der Waals surface area (Å²) in [5.74, 6) is -0.449. The Balaban J connectivity index is 3.14. The van der Waals surface area contributed by atoms with E-state index in [0.29, 0.717) is 0 Å². The Bertz CT molecular complexity index is 576. The van der Waals surface area contributed by atoms with Crippen LogP contribution >= 0.6 is 11.6 Å². The van der Waals surface area contributed by atoms with Crippen molar-refractivity contribution >= 4 is 33.0 Å². The molecule has 0 saturated heterocycles. The van der Waals surface area contributed by atoms with Crippen molar-refractivity contribution in [2.45, 2.75) is 24.3 Å². The van der Waals surface area contributed by atoms with Gasteiger partial charge in [-0.05, 0) is 32.0 Å². The fourth-order valence-corrected chi connectivity index (χ4v) is 1.93. The smallest absolute Gasteiger partial charge is 0.243 e. The SMILES string of the molecule is CC(C)(N)C(=O)Nc1cc(S(C)(=O)=O)ccc1Cl. The maximum Gasteiger partial charge on any atom is 0.243 e. The summed E-state index contributed by atoms with van der Waals surface area (Å²) >= 11 is 5.89. The summed E-state index contributed by atoms with van der Waals surface area (Å²) in [5, 5.41) is 2.75. The number of benzene rings is 1. The zero-order valence-corrected chi connectivity index (χ0v) is 11.9. The normalized spacial score (nSPS) is 12.3. The molecular weight excluding hydrogens is 276 g/mol. The second-order valence-electron chi connectivity index (χ2n) is 4.59. The predicted molar refractivity (Wildman–Crippen MR) is 71.5 cm³/mol. The Morgan fingerprint density at radius 3 is 2.39 bits per heavy atom. The van der Waals surface area contributed by atoms with E-state index in [9.17, 15) is 13.2 Å².